The number of thiazole rings is 1. The molecule has 2 rings (SSSR count). The van der Waals surface area contributed by atoms with Gasteiger partial charge in [0.25, 0.3) is 0 Å². The molecule has 0 saturated carbocycles. The number of ether oxygens (including phenoxy) is 2. The predicted octanol–water partition coefficient (Wildman–Crippen LogP) is 3.33. The maximum atomic E-state index is 5.96. The minimum Gasteiger partial charge on any atom is -0.493 e. The number of methoxy groups -OCH3 is 1. The van der Waals surface area contributed by atoms with Gasteiger partial charge in [0.2, 0.25) is 0 Å². The highest BCUT2D eigenvalue weighted by Crippen LogP contribution is 2.26. The topological polar surface area (TPSA) is 67.8 Å². The number of para-hydroxylation sites is 2. The van der Waals surface area contributed by atoms with Crippen LogP contribution in [0.25, 0.3) is 0 Å². The summed E-state index contributed by atoms with van der Waals surface area (Å²) < 4.78 is 11.3. The van der Waals surface area contributed by atoms with Crippen LogP contribution in [-0.2, 0) is 6.42 Å². The predicted molar refractivity (Wildman–Crippen MR) is 112 cm³/mol. The number of benzene rings is 1. The summed E-state index contributed by atoms with van der Waals surface area (Å²) in [7, 11) is 1.64. The van der Waals surface area contributed by atoms with Crippen LogP contribution in [0.3, 0.4) is 0 Å². The van der Waals surface area contributed by atoms with E-state index in [2.05, 4.69) is 41.4 Å². The van der Waals surface area contributed by atoms with Gasteiger partial charge in [-0.25, -0.2) is 9.98 Å². The number of aryl methyl sites for hydroxylation is 2. The first-order valence-corrected chi connectivity index (χ1v) is 10.1. The van der Waals surface area contributed by atoms with Gasteiger partial charge in [-0.2, -0.15) is 0 Å². The first kappa shape index (κ1) is 21.0. The molecule has 0 amide bonds. The van der Waals surface area contributed by atoms with Gasteiger partial charge < -0.3 is 20.1 Å². The smallest absolute Gasteiger partial charge is 0.191 e. The van der Waals surface area contributed by atoms with Crippen molar-refractivity contribution in [3.63, 3.8) is 0 Å². The van der Waals surface area contributed by atoms with Crippen molar-refractivity contribution in [3.05, 3.63) is 39.8 Å². The van der Waals surface area contributed by atoms with Crippen LogP contribution in [0, 0.1) is 13.8 Å². The molecule has 0 saturated heterocycles. The summed E-state index contributed by atoms with van der Waals surface area (Å²) in [5.41, 5.74) is 1.12. The summed E-state index contributed by atoms with van der Waals surface area (Å²) in [6.07, 6.45) is 0.817. The highest BCUT2D eigenvalue weighted by atomic mass is 32.1. The molecule has 27 heavy (non-hydrogen) atoms. The molecular weight excluding hydrogens is 360 g/mol. The molecule has 0 aliphatic heterocycles. The summed E-state index contributed by atoms with van der Waals surface area (Å²) >= 11 is 1.76. The number of rotatable bonds is 9. The molecule has 0 aliphatic carbocycles. The lowest BCUT2D eigenvalue weighted by atomic mass is 10.3. The van der Waals surface area contributed by atoms with Gasteiger partial charge in [0.1, 0.15) is 6.10 Å². The van der Waals surface area contributed by atoms with Crippen LogP contribution < -0.4 is 20.1 Å². The second-order valence-electron chi connectivity index (χ2n) is 6.22. The second-order valence-corrected chi connectivity index (χ2v) is 7.51. The number of hydrogen-bond acceptors (Lipinski definition) is 5. The van der Waals surface area contributed by atoms with Crippen molar-refractivity contribution in [2.45, 2.75) is 40.2 Å². The number of aliphatic imine (C=N–C) groups is 1. The molecular formula is C20H30N4O2S. The third kappa shape index (κ3) is 6.75. The maximum absolute atomic E-state index is 5.96. The van der Waals surface area contributed by atoms with E-state index in [4.69, 9.17) is 9.47 Å². The van der Waals surface area contributed by atoms with Gasteiger partial charge in [-0.1, -0.05) is 12.1 Å². The monoisotopic (exact) mass is 390 g/mol. The van der Waals surface area contributed by atoms with Gasteiger partial charge in [-0.15, -0.1) is 11.3 Å². The molecule has 6 nitrogen and oxygen atoms in total. The fraction of sp³-hybridized carbons (Fsp3) is 0.500. The van der Waals surface area contributed by atoms with E-state index in [9.17, 15) is 0 Å². The van der Waals surface area contributed by atoms with Crippen molar-refractivity contribution in [1.82, 2.24) is 15.6 Å². The van der Waals surface area contributed by atoms with E-state index < -0.39 is 0 Å². The number of hydrogen-bond donors (Lipinski definition) is 2. The lowest BCUT2D eigenvalue weighted by Gasteiger charge is -2.16. The lowest BCUT2D eigenvalue weighted by molar-refractivity contribution is 0.219. The van der Waals surface area contributed by atoms with E-state index in [1.165, 1.54) is 4.88 Å². The van der Waals surface area contributed by atoms with Gasteiger partial charge in [-0.3, -0.25) is 0 Å². The standard InChI is InChI=1S/C20H30N4O2S/c1-6-21-20(22-12-11-19-24-15(3)16(4)27-19)23-13-14(2)26-18-10-8-7-9-17(18)25-5/h7-10,14H,6,11-13H2,1-5H3,(H2,21,22,23). The molecule has 0 fully saturated rings. The fourth-order valence-corrected chi connectivity index (χ4v) is 3.40. The molecule has 1 heterocycles. The van der Waals surface area contributed by atoms with Crippen LogP contribution in [-0.4, -0.2) is 43.8 Å². The summed E-state index contributed by atoms with van der Waals surface area (Å²) in [6.45, 7) is 10.4. The van der Waals surface area contributed by atoms with Crippen LogP contribution in [0.2, 0.25) is 0 Å². The minimum atomic E-state index is -0.0685. The van der Waals surface area contributed by atoms with E-state index >= 15 is 0 Å². The highest BCUT2D eigenvalue weighted by Gasteiger charge is 2.09. The molecule has 2 aromatic rings. The van der Waals surface area contributed by atoms with Crippen molar-refractivity contribution in [3.8, 4) is 11.5 Å². The van der Waals surface area contributed by atoms with Crippen molar-refractivity contribution in [2.24, 2.45) is 4.99 Å². The van der Waals surface area contributed by atoms with E-state index in [0.29, 0.717) is 6.54 Å². The Morgan fingerprint density at radius 2 is 1.96 bits per heavy atom. The Morgan fingerprint density at radius 3 is 2.59 bits per heavy atom. The van der Waals surface area contributed by atoms with Gasteiger partial charge in [0.05, 0.1) is 24.4 Å². The SMILES string of the molecule is CCNC(=NCC(C)Oc1ccccc1OC)NCCc1nc(C)c(C)s1. The van der Waals surface area contributed by atoms with E-state index in [1.807, 2.05) is 31.2 Å². The van der Waals surface area contributed by atoms with E-state index in [-0.39, 0.29) is 6.10 Å². The normalized spacial score (nSPS) is 12.6. The van der Waals surface area contributed by atoms with Crippen LogP contribution in [0.15, 0.2) is 29.3 Å². The first-order chi connectivity index (χ1) is 13.0. The zero-order valence-electron chi connectivity index (χ0n) is 16.8. The summed E-state index contributed by atoms with van der Waals surface area (Å²) in [4.78, 5) is 10.5. The number of guanidine groups is 1. The van der Waals surface area contributed by atoms with Gasteiger partial charge >= 0.3 is 0 Å². The first-order valence-electron chi connectivity index (χ1n) is 9.28. The molecule has 148 valence electrons. The van der Waals surface area contributed by atoms with Crippen molar-refractivity contribution in [2.75, 3.05) is 26.7 Å². The third-order valence-corrected chi connectivity index (χ3v) is 5.08. The largest absolute Gasteiger partial charge is 0.493 e. The highest BCUT2D eigenvalue weighted by molar-refractivity contribution is 7.11. The van der Waals surface area contributed by atoms with Crippen LogP contribution in [0.4, 0.5) is 0 Å². The Labute approximate surface area is 166 Å². The average Bonchev–Trinajstić information content (AvgIpc) is 2.97. The molecule has 1 aromatic heterocycles. The Kier molecular flexibility index (Phi) is 8.39. The molecule has 1 unspecified atom stereocenters. The van der Waals surface area contributed by atoms with Crippen molar-refractivity contribution in [1.29, 1.82) is 0 Å². The number of nitrogens with one attached hydrogen (secondary N) is 2. The Hall–Kier alpha value is -2.28. The molecule has 1 atom stereocenters. The molecule has 0 spiro atoms. The quantitative estimate of drug-likeness (QED) is 0.508. The van der Waals surface area contributed by atoms with E-state index in [1.54, 1.807) is 18.4 Å². The van der Waals surface area contributed by atoms with Crippen molar-refractivity contribution >= 4 is 17.3 Å². The second kappa shape index (κ2) is 10.8. The summed E-state index contributed by atoms with van der Waals surface area (Å²) in [5.74, 6) is 2.25. The van der Waals surface area contributed by atoms with Gasteiger partial charge in [-0.05, 0) is 39.8 Å². The third-order valence-electron chi connectivity index (χ3n) is 3.95. The number of aromatic nitrogens is 1. The Bertz CT molecular complexity index is 726. The number of nitrogens with zero attached hydrogens (tertiary/aromatic N) is 2. The summed E-state index contributed by atoms with van der Waals surface area (Å²) in [6, 6.07) is 7.65. The molecule has 7 heteroatoms. The van der Waals surface area contributed by atoms with E-state index in [0.717, 1.165) is 47.7 Å². The lowest BCUT2D eigenvalue weighted by Crippen LogP contribution is -2.39. The van der Waals surface area contributed by atoms with Gasteiger partial charge in [0.15, 0.2) is 17.5 Å². The van der Waals surface area contributed by atoms with Crippen LogP contribution >= 0.6 is 11.3 Å². The molecule has 2 N–H and O–H groups in total. The average molecular weight is 391 g/mol. The molecule has 0 bridgehead atoms. The fourth-order valence-electron chi connectivity index (χ4n) is 2.47. The Balaban J connectivity index is 1.86. The zero-order chi connectivity index (χ0) is 19.6. The summed E-state index contributed by atoms with van der Waals surface area (Å²) in [5, 5.41) is 7.79. The molecule has 0 radical (unpaired) electrons. The van der Waals surface area contributed by atoms with Crippen molar-refractivity contribution < 1.29 is 9.47 Å². The molecule has 0 aliphatic rings. The molecule has 1 aromatic carbocycles. The zero-order valence-corrected chi connectivity index (χ0v) is 17.7. The van der Waals surface area contributed by atoms with Gasteiger partial charge in [0, 0.05) is 24.4 Å². The van der Waals surface area contributed by atoms with Crippen LogP contribution in [0.1, 0.15) is 29.4 Å². The maximum Gasteiger partial charge on any atom is 0.191 e. The minimum absolute atomic E-state index is 0.0685. The van der Waals surface area contributed by atoms with Crippen LogP contribution in [0.5, 0.6) is 11.5 Å². The Morgan fingerprint density at radius 1 is 1.22 bits per heavy atom.